The van der Waals surface area contributed by atoms with Crippen molar-refractivity contribution in [1.82, 2.24) is 19.1 Å². The predicted octanol–water partition coefficient (Wildman–Crippen LogP) is 2.20. The van der Waals surface area contributed by atoms with E-state index >= 15 is 0 Å². The standard InChI is InChI=1S/C20H16F2N6O2/c1-27-17-16(18(29)25-20(27)30)28(11-13-4-8-15(22)9-5-13)19(24-17)26-23-10-12-2-6-14(21)7-3-12/h2-10H,11H2,1H3,(H,24,26)(H,25,29,30). The number of hydrazone groups is 1. The van der Waals surface area contributed by atoms with E-state index in [0.717, 1.165) is 5.56 Å². The molecule has 10 heteroatoms. The van der Waals surface area contributed by atoms with Gasteiger partial charge in [-0.15, -0.1) is 0 Å². The molecule has 8 nitrogen and oxygen atoms in total. The summed E-state index contributed by atoms with van der Waals surface area (Å²) in [6.07, 6.45) is 1.46. The molecule has 0 spiro atoms. The summed E-state index contributed by atoms with van der Waals surface area (Å²) >= 11 is 0. The first kappa shape index (κ1) is 19.2. The quantitative estimate of drug-likeness (QED) is 0.389. The number of aromatic nitrogens is 4. The second kappa shape index (κ2) is 7.74. The van der Waals surface area contributed by atoms with Crippen molar-refractivity contribution in [1.29, 1.82) is 0 Å². The lowest BCUT2D eigenvalue weighted by molar-refractivity contribution is 0.626. The number of halogens is 2. The van der Waals surface area contributed by atoms with Crippen molar-refractivity contribution < 1.29 is 8.78 Å². The van der Waals surface area contributed by atoms with Crippen molar-refractivity contribution in [3.63, 3.8) is 0 Å². The van der Waals surface area contributed by atoms with E-state index in [2.05, 4.69) is 20.5 Å². The highest BCUT2D eigenvalue weighted by molar-refractivity contribution is 5.80. The largest absolute Gasteiger partial charge is 0.329 e. The van der Waals surface area contributed by atoms with Gasteiger partial charge < -0.3 is 0 Å². The van der Waals surface area contributed by atoms with Gasteiger partial charge in [-0.05, 0) is 35.4 Å². The molecule has 0 atom stereocenters. The molecule has 0 amide bonds. The number of rotatable bonds is 5. The molecule has 30 heavy (non-hydrogen) atoms. The summed E-state index contributed by atoms with van der Waals surface area (Å²) in [4.78, 5) is 31.0. The third kappa shape index (κ3) is 3.75. The number of hydrogen-bond acceptors (Lipinski definition) is 5. The Morgan fingerprint density at radius 2 is 1.70 bits per heavy atom. The van der Waals surface area contributed by atoms with E-state index in [1.807, 2.05) is 0 Å². The fourth-order valence-corrected chi connectivity index (χ4v) is 2.96. The van der Waals surface area contributed by atoms with Crippen LogP contribution in [0.1, 0.15) is 11.1 Å². The van der Waals surface area contributed by atoms with Crippen LogP contribution in [0.3, 0.4) is 0 Å². The van der Waals surface area contributed by atoms with Crippen LogP contribution in [0.2, 0.25) is 0 Å². The Kier molecular flexibility index (Phi) is 4.97. The molecule has 0 saturated carbocycles. The highest BCUT2D eigenvalue weighted by Crippen LogP contribution is 2.18. The summed E-state index contributed by atoms with van der Waals surface area (Å²) in [5.74, 6) is -0.530. The molecule has 2 N–H and O–H groups in total. The van der Waals surface area contributed by atoms with E-state index in [-0.39, 0.29) is 35.3 Å². The number of hydrogen-bond donors (Lipinski definition) is 2. The molecule has 4 rings (SSSR count). The molecule has 0 aliphatic carbocycles. The first-order valence-corrected chi connectivity index (χ1v) is 8.91. The van der Waals surface area contributed by atoms with Crippen LogP contribution in [0.15, 0.2) is 63.2 Å². The second-order valence-corrected chi connectivity index (χ2v) is 6.56. The average Bonchev–Trinajstić information content (AvgIpc) is 3.08. The maximum atomic E-state index is 13.2. The Balaban J connectivity index is 1.77. The van der Waals surface area contributed by atoms with Gasteiger partial charge in [0.15, 0.2) is 11.2 Å². The Labute approximate surface area is 168 Å². The zero-order chi connectivity index (χ0) is 21.3. The van der Waals surface area contributed by atoms with Gasteiger partial charge >= 0.3 is 5.69 Å². The molecule has 0 aliphatic heterocycles. The van der Waals surface area contributed by atoms with E-state index in [1.165, 1.54) is 42.1 Å². The molecule has 0 bridgehead atoms. The number of imidazole rings is 1. The molecular formula is C20H16F2N6O2. The molecule has 152 valence electrons. The maximum absolute atomic E-state index is 13.2. The lowest BCUT2D eigenvalue weighted by atomic mass is 10.2. The van der Waals surface area contributed by atoms with E-state index in [9.17, 15) is 18.4 Å². The van der Waals surface area contributed by atoms with Crippen LogP contribution >= 0.6 is 0 Å². The van der Waals surface area contributed by atoms with Gasteiger partial charge in [0.2, 0.25) is 5.95 Å². The number of aromatic amines is 1. The molecule has 2 heterocycles. The Bertz CT molecular complexity index is 1350. The zero-order valence-electron chi connectivity index (χ0n) is 15.8. The highest BCUT2D eigenvalue weighted by atomic mass is 19.1. The molecule has 4 aromatic rings. The van der Waals surface area contributed by atoms with Crippen LogP contribution < -0.4 is 16.7 Å². The summed E-state index contributed by atoms with van der Waals surface area (Å²) in [6.45, 7) is 0.187. The van der Waals surface area contributed by atoms with Gasteiger partial charge in [0, 0.05) is 7.05 Å². The van der Waals surface area contributed by atoms with Crippen molar-refractivity contribution in [2.24, 2.45) is 12.1 Å². The minimum Gasteiger partial charge on any atom is -0.298 e. The van der Waals surface area contributed by atoms with E-state index in [0.29, 0.717) is 5.56 Å². The number of anilines is 1. The minimum atomic E-state index is -0.599. The summed E-state index contributed by atoms with van der Waals surface area (Å²) in [6, 6.07) is 11.5. The van der Waals surface area contributed by atoms with Gasteiger partial charge in [0.25, 0.3) is 5.56 Å². The molecule has 0 unspecified atom stereocenters. The Morgan fingerprint density at radius 1 is 1.07 bits per heavy atom. The van der Waals surface area contributed by atoms with Crippen molar-refractivity contribution in [3.8, 4) is 0 Å². The number of aryl methyl sites for hydroxylation is 1. The van der Waals surface area contributed by atoms with E-state index in [4.69, 9.17) is 0 Å². The highest BCUT2D eigenvalue weighted by Gasteiger charge is 2.17. The Hall–Kier alpha value is -4.08. The van der Waals surface area contributed by atoms with E-state index in [1.54, 1.807) is 28.8 Å². The lowest BCUT2D eigenvalue weighted by Gasteiger charge is -2.08. The van der Waals surface area contributed by atoms with Crippen molar-refractivity contribution in [2.45, 2.75) is 6.54 Å². The summed E-state index contributed by atoms with van der Waals surface area (Å²) in [5.41, 5.74) is 3.27. The first-order valence-electron chi connectivity index (χ1n) is 8.91. The van der Waals surface area contributed by atoms with Crippen molar-refractivity contribution in [3.05, 3.63) is 92.1 Å². The second-order valence-electron chi connectivity index (χ2n) is 6.56. The van der Waals surface area contributed by atoms with Crippen LogP contribution in [0, 0.1) is 11.6 Å². The molecule has 0 aliphatic rings. The van der Waals surface area contributed by atoms with E-state index < -0.39 is 11.2 Å². The lowest BCUT2D eigenvalue weighted by Crippen LogP contribution is -2.29. The Morgan fingerprint density at radius 3 is 2.37 bits per heavy atom. The molecule has 0 radical (unpaired) electrons. The number of fused-ring (bicyclic) bond motifs is 1. The van der Waals surface area contributed by atoms with Crippen LogP contribution in [-0.4, -0.2) is 25.3 Å². The SMILES string of the molecule is Cn1c(=O)[nH]c(=O)c2c1nc(NN=Cc1ccc(F)cc1)n2Cc1ccc(F)cc1. The van der Waals surface area contributed by atoms with Gasteiger partial charge in [0.1, 0.15) is 11.6 Å². The molecular weight excluding hydrogens is 394 g/mol. The van der Waals surface area contributed by atoms with Gasteiger partial charge in [-0.25, -0.2) is 19.0 Å². The number of H-pyrrole nitrogens is 1. The summed E-state index contributed by atoms with van der Waals surface area (Å²) in [7, 11) is 1.49. The molecule has 2 aromatic heterocycles. The number of nitrogens with zero attached hydrogens (tertiary/aromatic N) is 4. The fourth-order valence-electron chi connectivity index (χ4n) is 2.96. The van der Waals surface area contributed by atoms with Crippen molar-refractivity contribution in [2.75, 3.05) is 5.43 Å². The third-order valence-corrected chi connectivity index (χ3v) is 4.51. The van der Waals surface area contributed by atoms with Crippen LogP contribution in [0.25, 0.3) is 11.2 Å². The van der Waals surface area contributed by atoms with Gasteiger partial charge in [0.05, 0.1) is 12.8 Å². The number of nitrogens with one attached hydrogen (secondary N) is 2. The predicted molar refractivity (Wildman–Crippen MR) is 109 cm³/mol. The molecule has 0 saturated heterocycles. The smallest absolute Gasteiger partial charge is 0.298 e. The van der Waals surface area contributed by atoms with Gasteiger partial charge in [-0.3, -0.25) is 18.9 Å². The van der Waals surface area contributed by atoms with Crippen LogP contribution in [0.4, 0.5) is 14.7 Å². The third-order valence-electron chi connectivity index (χ3n) is 4.51. The maximum Gasteiger partial charge on any atom is 0.329 e. The normalized spacial score (nSPS) is 11.4. The van der Waals surface area contributed by atoms with Crippen molar-refractivity contribution >= 4 is 23.3 Å². The van der Waals surface area contributed by atoms with Crippen LogP contribution in [0.5, 0.6) is 0 Å². The summed E-state index contributed by atoms with van der Waals surface area (Å²) in [5, 5.41) is 4.09. The summed E-state index contributed by atoms with van der Waals surface area (Å²) < 4.78 is 29.0. The first-order chi connectivity index (χ1) is 14.4. The number of benzene rings is 2. The zero-order valence-corrected chi connectivity index (χ0v) is 15.8. The topological polar surface area (TPSA) is 97.1 Å². The molecule has 0 fully saturated rings. The monoisotopic (exact) mass is 410 g/mol. The van der Waals surface area contributed by atoms with Gasteiger partial charge in [-0.2, -0.15) is 10.1 Å². The van der Waals surface area contributed by atoms with Gasteiger partial charge in [-0.1, -0.05) is 24.3 Å². The average molecular weight is 410 g/mol. The molecule has 2 aromatic carbocycles. The fraction of sp³-hybridized carbons (Fsp3) is 0.100. The van der Waals surface area contributed by atoms with Crippen LogP contribution in [-0.2, 0) is 13.6 Å². The minimum absolute atomic E-state index is 0.168.